The fraction of sp³-hybridized carbons (Fsp3) is 0.385. The van der Waals surface area contributed by atoms with Crippen LogP contribution in [0.2, 0.25) is 0 Å². The molecule has 0 aromatic heterocycles. The largest absolute Gasteiger partial charge is 0.480 e. The molecule has 1 unspecified atom stereocenters. The quantitative estimate of drug-likeness (QED) is 0.554. The number of benzene rings is 1. The van der Waals surface area contributed by atoms with Gasteiger partial charge in [-0.2, -0.15) is 0 Å². The van der Waals surface area contributed by atoms with Crippen LogP contribution in [-0.4, -0.2) is 42.6 Å². The number of carbonyl (C=O) groups is 2. The van der Waals surface area contributed by atoms with Gasteiger partial charge in [0, 0.05) is 24.0 Å². The highest BCUT2D eigenvalue weighted by Gasteiger charge is 2.23. The molecule has 0 saturated heterocycles. The SMILES string of the molecule is CCCC(NC(=O)c1cc([N+](=O)[O-])cc(S(C)(=O)=O)c1)C(=O)O. The number of nitrogens with one attached hydrogen (secondary N) is 1. The molecule has 1 aromatic rings. The van der Waals surface area contributed by atoms with E-state index < -0.39 is 38.4 Å². The fourth-order valence-corrected chi connectivity index (χ4v) is 2.50. The molecule has 0 bridgehead atoms. The van der Waals surface area contributed by atoms with Crippen molar-refractivity contribution >= 4 is 27.4 Å². The number of amides is 1. The third-order valence-electron chi connectivity index (χ3n) is 2.97. The maximum Gasteiger partial charge on any atom is 0.326 e. The van der Waals surface area contributed by atoms with Gasteiger partial charge in [0.1, 0.15) is 6.04 Å². The first-order chi connectivity index (χ1) is 10.6. The molecule has 2 N–H and O–H groups in total. The molecule has 1 rings (SSSR count). The van der Waals surface area contributed by atoms with Gasteiger partial charge >= 0.3 is 5.97 Å². The van der Waals surface area contributed by atoms with E-state index in [0.29, 0.717) is 6.42 Å². The number of aliphatic carboxylic acids is 1. The third kappa shape index (κ3) is 5.02. The fourth-order valence-electron chi connectivity index (χ4n) is 1.82. The van der Waals surface area contributed by atoms with Gasteiger partial charge in [0.05, 0.1) is 9.82 Å². The second-order valence-corrected chi connectivity index (χ2v) is 6.91. The number of carboxylic acids is 1. The van der Waals surface area contributed by atoms with Crippen molar-refractivity contribution < 1.29 is 28.0 Å². The lowest BCUT2D eigenvalue weighted by Gasteiger charge is -2.13. The van der Waals surface area contributed by atoms with E-state index in [2.05, 4.69) is 5.32 Å². The molecule has 0 aliphatic heterocycles. The Morgan fingerprint density at radius 3 is 2.39 bits per heavy atom. The number of nitro benzene ring substituents is 1. The maximum atomic E-state index is 12.1. The Bertz CT molecular complexity index is 743. The molecular weight excluding hydrogens is 328 g/mol. The minimum atomic E-state index is -3.77. The summed E-state index contributed by atoms with van der Waals surface area (Å²) >= 11 is 0. The Kier molecular flexibility index (Phi) is 5.79. The van der Waals surface area contributed by atoms with Crippen molar-refractivity contribution in [1.29, 1.82) is 0 Å². The zero-order valence-electron chi connectivity index (χ0n) is 12.5. The highest BCUT2D eigenvalue weighted by atomic mass is 32.2. The van der Waals surface area contributed by atoms with Crippen LogP contribution in [0.5, 0.6) is 0 Å². The monoisotopic (exact) mass is 344 g/mol. The van der Waals surface area contributed by atoms with Gasteiger partial charge in [-0.05, 0) is 12.5 Å². The van der Waals surface area contributed by atoms with Gasteiger partial charge in [0.2, 0.25) is 0 Å². The van der Waals surface area contributed by atoms with Crippen LogP contribution in [0.4, 0.5) is 5.69 Å². The van der Waals surface area contributed by atoms with Crippen molar-refractivity contribution in [1.82, 2.24) is 5.32 Å². The summed E-state index contributed by atoms with van der Waals surface area (Å²) in [5, 5.41) is 22.1. The Labute approximate surface area is 132 Å². The molecule has 126 valence electrons. The van der Waals surface area contributed by atoms with Crippen LogP contribution in [0.15, 0.2) is 23.1 Å². The lowest BCUT2D eigenvalue weighted by Crippen LogP contribution is -2.40. The Hall–Kier alpha value is -2.49. The highest BCUT2D eigenvalue weighted by Crippen LogP contribution is 2.21. The van der Waals surface area contributed by atoms with E-state index in [1.54, 1.807) is 6.92 Å². The predicted octanol–water partition coefficient (Wildman–Crippen LogP) is 0.981. The van der Waals surface area contributed by atoms with E-state index in [1.165, 1.54) is 0 Å². The lowest BCUT2D eigenvalue weighted by atomic mass is 10.1. The van der Waals surface area contributed by atoms with Crippen LogP contribution in [0.3, 0.4) is 0 Å². The van der Waals surface area contributed by atoms with Crippen molar-refractivity contribution in [2.24, 2.45) is 0 Å². The molecule has 1 atom stereocenters. The second-order valence-electron chi connectivity index (χ2n) is 4.90. The lowest BCUT2D eigenvalue weighted by molar-refractivity contribution is -0.385. The number of hydrogen-bond donors (Lipinski definition) is 2. The smallest absolute Gasteiger partial charge is 0.326 e. The Morgan fingerprint density at radius 2 is 1.96 bits per heavy atom. The molecule has 0 aliphatic rings. The number of nitrogens with zero attached hydrogens (tertiary/aromatic N) is 1. The zero-order valence-corrected chi connectivity index (χ0v) is 13.3. The maximum absolute atomic E-state index is 12.1. The van der Waals surface area contributed by atoms with E-state index in [0.717, 1.165) is 24.5 Å². The van der Waals surface area contributed by atoms with Gasteiger partial charge in [-0.25, -0.2) is 13.2 Å². The molecule has 23 heavy (non-hydrogen) atoms. The molecule has 0 saturated carbocycles. The van der Waals surface area contributed by atoms with E-state index in [4.69, 9.17) is 5.11 Å². The molecule has 9 nitrogen and oxygen atoms in total. The summed E-state index contributed by atoms with van der Waals surface area (Å²) in [4.78, 5) is 32.8. The number of carbonyl (C=O) groups excluding carboxylic acids is 1. The second kappa shape index (κ2) is 7.18. The molecular formula is C13H16N2O7S. The first kappa shape index (κ1) is 18.6. The van der Waals surface area contributed by atoms with Gasteiger partial charge in [-0.3, -0.25) is 14.9 Å². The molecule has 1 amide bonds. The van der Waals surface area contributed by atoms with Crippen LogP contribution in [-0.2, 0) is 14.6 Å². The minimum Gasteiger partial charge on any atom is -0.480 e. The molecule has 0 aliphatic carbocycles. The normalized spacial score (nSPS) is 12.4. The van der Waals surface area contributed by atoms with Crippen LogP contribution in [0.25, 0.3) is 0 Å². The van der Waals surface area contributed by atoms with Gasteiger partial charge in [0.25, 0.3) is 11.6 Å². The zero-order chi connectivity index (χ0) is 17.8. The van der Waals surface area contributed by atoms with Crippen molar-refractivity contribution in [3.8, 4) is 0 Å². The number of carboxylic acid groups (broad SMARTS) is 1. The summed E-state index contributed by atoms with van der Waals surface area (Å²) in [6.45, 7) is 1.73. The minimum absolute atomic E-state index is 0.176. The van der Waals surface area contributed by atoms with Gasteiger partial charge in [-0.1, -0.05) is 13.3 Å². The van der Waals surface area contributed by atoms with Gasteiger partial charge in [-0.15, -0.1) is 0 Å². The summed E-state index contributed by atoms with van der Waals surface area (Å²) in [5.74, 6) is -2.13. The van der Waals surface area contributed by atoms with E-state index in [-0.39, 0.29) is 16.9 Å². The number of sulfone groups is 1. The standard InChI is InChI=1S/C13H16N2O7S/c1-3-4-11(13(17)18)14-12(16)8-5-9(15(19)20)7-10(6-8)23(2,21)22/h5-7,11H,3-4H2,1-2H3,(H,14,16)(H,17,18). The Balaban J connectivity index is 3.25. The van der Waals surface area contributed by atoms with Crippen LogP contribution in [0, 0.1) is 10.1 Å². The van der Waals surface area contributed by atoms with E-state index in [9.17, 15) is 28.1 Å². The summed E-state index contributed by atoms with van der Waals surface area (Å²) in [7, 11) is -3.77. The first-order valence-corrected chi connectivity index (χ1v) is 8.48. The molecule has 0 fully saturated rings. The van der Waals surface area contributed by atoms with Crippen molar-refractivity contribution in [2.75, 3.05) is 6.26 Å². The molecule has 0 spiro atoms. The number of rotatable bonds is 7. The summed E-state index contributed by atoms with van der Waals surface area (Å²) in [6.07, 6.45) is 1.53. The van der Waals surface area contributed by atoms with E-state index in [1.807, 2.05) is 0 Å². The summed E-state index contributed by atoms with van der Waals surface area (Å²) < 4.78 is 23.1. The topological polar surface area (TPSA) is 144 Å². The van der Waals surface area contributed by atoms with Crippen molar-refractivity contribution in [3.05, 3.63) is 33.9 Å². The molecule has 1 aromatic carbocycles. The average Bonchev–Trinajstić information content (AvgIpc) is 2.45. The molecule has 0 radical (unpaired) electrons. The number of nitro groups is 1. The molecule has 0 heterocycles. The highest BCUT2D eigenvalue weighted by molar-refractivity contribution is 7.90. The predicted molar refractivity (Wildman–Crippen MR) is 80.0 cm³/mol. The summed E-state index contributed by atoms with van der Waals surface area (Å²) in [5.41, 5.74) is -0.859. The van der Waals surface area contributed by atoms with Gasteiger partial charge in [0.15, 0.2) is 9.84 Å². The number of hydrogen-bond acceptors (Lipinski definition) is 6. The molecule has 10 heteroatoms. The first-order valence-electron chi connectivity index (χ1n) is 6.59. The van der Waals surface area contributed by atoms with Gasteiger partial charge < -0.3 is 10.4 Å². The van der Waals surface area contributed by atoms with Crippen molar-refractivity contribution in [2.45, 2.75) is 30.7 Å². The van der Waals surface area contributed by atoms with Crippen LogP contribution >= 0.6 is 0 Å². The van der Waals surface area contributed by atoms with Crippen LogP contribution < -0.4 is 5.32 Å². The average molecular weight is 344 g/mol. The van der Waals surface area contributed by atoms with E-state index >= 15 is 0 Å². The van der Waals surface area contributed by atoms with Crippen LogP contribution in [0.1, 0.15) is 30.1 Å². The third-order valence-corrected chi connectivity index (χ3v) is 4.07. The van der Waals surface area contributed by atoms with Crippen molar-refractivity contribution in [3.63, 3.8) is 0 Å². The Morgan fingerprint density at radius 1 is 1.35 bits per heavy atom. The number of non-ortho nitro benzene ring substituents is 1. The summed E-state index contributed by atoms with van der Waals surface area (Å²) in [6, 6.07) is 1.55.